The standard InChI is InChI=1S/C14H22N4O2/c1-10-3-2-4-11(5-10)6-17-7-12(8-17)18-9-13(14(19)20)15-16-18/h9-12H,2-8H2,1H3,(H,19,20). The van der Waals surface area contributed by atoms with Crippen molar-refractivity contribution in [3.05, 3.63) is 11.9 Å². The van der Waals surface area contributed by atoms with Gasteiger partial charge in [-0.25, -0.2) is 9.48 Å². The molecule has 1 aliphatic carbocycles. The van der Waals surface area contributed by atoms with E-state index in [9.17, 15) is 4.79 Å². The van der Waals surface area contributed by atoms with Crippen LogP contribution in [0.5, 0.6) is 0 Å². The molecule has 6 nitrogen and oxygen atoms in total. The summed E-state index contributed by atoms with van der Waals surface area (Å²) in [5, 5.41) is 16.4. The number of carboxylic acids is 1. The lowest BCUT2D eigenvalue weighted by Gasteiger charge is -2.42. The molecule has 2 unspecified atom stereocenters. The van der Waals surface area contributed by atoms with Crippen molar-refractivity contribution in [3.8, 4) is 0 Å². The van der Waals surface area contributed by atoms with Crippen molar-refractivity contribution in [1.29, 1.82) is 0 Å². The molecule has 1 N–H and O–H groups in total. The lowest BCUT2D eigenvalue weighted by Crippen LogP contribution is -2.50. The number of aromatic carboxylic acids is 1. The number of hydrogen-bond acceptors (Lipinski definition) is 4. The molecule has 110 valence electrons. The zero-order chi connectivity index (χ0) is 14.1. The third-order valence-electron chi connectivity index (χ3n) is 4.60. The molecule has 1 saturated heterocycles. The molecule has 2 fully saturated rings. The maximum atomic E-state index is 10.8. The third kappa shape index (κ3) is 2.85. The number of carbonyl (C=O) groups is 1. The third-order valence-corrected chi connectivity index (χ3v) is 4.60. The molecule has 20 heavy (non-hydrogen) atoms. The molecule has 6 heteroatoms. The van der Waals surface area contributed by atoms with E-state index in [4.69, 9.17) is 5.11 Å². The lowest BCUT2D eigenvalue weighted by molar-refractivity contribution is 0.0662. The summed E-state index contributed by atoms with van der Waals surface area (Å²) in [5.74, 6) is 0.702. The van der Waals surface area contributed by atoms with Gasteiger partial charge >= 0.3 is 5.97 Å². The van der Waals surface area contributed by atoms with Crippen LogP contribution in [0.3, 0.4) is 0 Å². The van der Waals surface area contributed by atoms with E-state index in [1.54, 1.807) is 4.68 Å². The zero-order valence-electron chi connectivity index (χ0n) is 11.9. The lowest BCUT2D eigenvalue weighted by atomic mass is 9.82. The molecule has 1 aliphatic heterocycles. The van der Waals surface area contributed by atoms with Crippen LogP contribution in [0.2, 0.25) is 0 Å². The molecule has 2 aliphatic rings. The van der Waals surface area contributed by atoms with Gasteiger partial charge in [-0.3, -0.25) is 4.90 Å². The highest BCUT2D eigenvalue weighted by molar-refractivity contribution is 5.84. The fraction of sp³-hybridized carbons (Fsp3) is 0.786. The highest BCUT2D eigenvalue weighted by Crippen LogP contribution is 2.31. The monoisotopic (exact) mass is 278 g/mol. The van der Waals surface area contributed by atoms with Gasteiger partial charge in [-0.15, -0.1) is 5.10 Å². The first-order valence-electron chi connectivity index (χ1n) is 7.49. The molecule has 2 heterocycles. The second kappa shape index (κ2) is 5.52. The number of rotatable bonds is 4. The summed E-state index contributed by atoms with van der Waals surface area (Å²) >= 11 is 0. The molecule has 0 aromatic carbocycles. The van der Waals surface area contributed by atoms with E-state index in [2.05, 4.69) is 22.1 Å². The second-order valence-corrected chi connectivity index (χ2v) is 6.40. The minimum absolute atomic E-state index is 0.0320. The van der Waals surface area contributed by atoms with Crippen LogP contribution in [-0.4, -0.2) is 50.6 Å². The van der Waals surface area contributed by atoms with Gasteiger partial charge in [-0.05, 0) is 24.7 Å². The fourth-order valence-corrected chi connectivity index (χ4v) is 3.50. The summed E-state index contributed by atoms with van der Waals surface area (Å²) in [6.45, 7) is 5.47. The largest absolute Gasteiger partial charge is 0.476 e. The fourth-order valence-electron chi connectivity index (χ4n) is 3.50. The summed E-state index contributed by atoms with van der Waals surface area (Å²) in [4.78, 5) is 13.2. The minimum atomic E-state index is -1.01. The van der Waals surface area contributed by atoms with Gasteiger partial charge in [0, 0.05) is 19.6 Å². The predicted octanol–water partition coefficient (Wildman–Crippen LogP) is 1.66. The highest BCUT2D eigenvalue weighted by atomic mass is 16.4. The maximum Gasteiger partial charge on any atom is 0.358 e. The maximum absolute atomic E-state index is 10.8. The van der Waals surface area contributed by atoms with Gasteiger partial charge in [0.25, 0.3) is 0 Å². The Balaban J connectivity index is 1.47. The van der Waals surface area contributed by atoms with E-state index in [0.29, 0.717) is 0 Å². The van der Waals surface area contributed by atoms with E-state index in [-0.39, 0.29) is 11.7 Å². The molecular weight excluding hydrogens is 256 g/mol. The molecule has 1 aromatic rings. The number of aromatic nitrogens is 3. The van der Waals surface area contributed by atoms with Gasteiger partial charge in [0.2, 0.25) is 0 Å². The molecule has 2 atom stereocenters. The number of nitrogens with zero attached hydrogens (tertiary/aromatic N) is 4. The summed E-state index contributed by atoms with van der Waals surface area (Å²) < 4.78 is 1.70. The highest BCUT2D eigenvalue weighted by Gasteiger charge is 2.32. The normalized spacial score (nSPS) is 28.2. The Hall–Kier alpha value is -1.43. The van der Waals surface area contributed by atoms with Crippen molar-refractivity contribution in [2.75, 3.05) is 19.6 Å². The van der Waals surface area contributed by atoms with Gasteiger partial charge in [0.1, 0.15) is 0 Å². The van der Waals surface area contributed by atoms with Crippen LogP contribution < -0.4 is 0 Å². The van der Waals surface area contributed by atoms with E-state index < -0.39 is 5.97 Å². The number of likely N-dealkylation sites (tertiary alicyclic amines) is 1. The Labute approximate surface area is 118 Å². The first kappa shape index (κ1) is 13.5. The van der Waals surface area contributed by atoms with Crippen molar-refractivity contribution in [1.82, 2.24) is 19.9 Å². The van der Waals surface area contributed by atoms with Gasteiger partial charge < -0.3 is 5.11 Å². The Bertz CT molecular complexity index is 481. The van der Waals surface area contributed by atoms with E-state index in [1.807, 2.05) is 0 Å². The SMILES string of the molecule is CC1CCCC(CN2CC(n3cc(C(=O)O)nn3)C2)C1. The molecule has 0 bridgehead atoms. The second-order valence-electron chi connectivity index (χ2n) is 6.40. The van der Waals surface area contributed by atoms with Crippen LogP contribution >= 0.6 is 0 Å². The molecule has 1 aromatic heterocycles. The van der Waals surface area contributed by atoms with Crippen molar-refractivity contribution in [2.45, 2.75) is 38.6 Å². The molecule has 0 radical (unpaired) electrons. The van der Waals surface area contributed by atoms with Crippen LogP contribution in [0.4, 0.5) is 0 Å². The van der Waals surface area contributed by atoms with Crippen LogP contribution in [0, 0.1) is 11.8 Å². The van der Waals surface area contributed by atoms with Gasteiger partial charge in [0.15, 0.2) is 5.69 Å². The average Bonchev–Trinajstić information content (AvgIpc) is 2.82. The Morgan fingerprint density at radius 3 is 2.90 bits per heavy atom. The van der Waals surface area contributed by atoms with Crippen molar-refractivity contribution < 1.29 is 9.90 Å². The van der Waals surface area contributed by atoms with Crippen LogP contribution in [0.25, 0.3) is 0 Å². The number of hydrogen-bond donors (Lipinski definition) is 1. The summed E-state index contributed by atoms with van der Waals surface area (Å²) in [6, 6.07) is 0.289. The van der Waals surface area contributed by atoms with E-state index in [1.165, 1.54) is 38.4 Å². The van der Waals surface area contributed by atoms with E-state index in [0.717, 1.165) is 24.9 Å². The smallest absolute Gasteiger partial charge is 0.358 e. The van der Waals surface area contributed by atoms with Crippen molar-refractivity contribution in [3.63, 3.8) is 0 Å². The van der Waals surface area contributed by atoms with Crippen LogP contribution in [0.15, 0.2) is 6.20 Å². The molecule has 3 rings (SSSR count). The summed E-state index contributed by atoms with van der Waals surface area (Å²) in [7, 11) is 0. The molecular formula is C14H22N4O2. The minimum Gasteiger partial charge on any atom is -0.476 e. The Kier molecular flexibility index (Phi) is 3.74. The van der Waals surface area contributed by atoms with Crippen LogP contribution in [0.1, 0.15) is 49.1 Å². The first-order chi connectivity index (χ1) is 9.61. The van der Waals surface area contributed by atoms with Gasteiger partial charge in [-0.2, -0.15) is 0 Å². The molecule has 0 spiro atoms. The van der Waals surface area contributed by atoms with Gasteiger partial charge in [-0.1, -0.05) is 25.0 Å². The molecule has 0 amide bonds. The Morgan fingerprint density at radius 1 is 1.45 bits per heavy atom. The Morgan fingerprint density at radius 2 is 2.25 bits per heavy atom. The first-order valence-corrected chi connectivity index (χ1v) is 7.49. The van der Waals surface area contributed by atoms with Gasteiger partial charge in [0.05, 0.1) is 12.2 Å². The van der Waals surface area contributed by atoms with Crippen molar-refractivity contribution >= 4 is 5.97 Å². The summed E-state index contributed by atoms with van der Waals surface area (Å²) in [6.07, 6.45) is 7.00. The topological polar surface area (TPSA) is 71.2 Å². The average molecular weight is 278 g/mol. The molecule has 1 saturated carbocycles. The zero-order valence-corrected chi connectivity index (χ0v) is 11.9. The predicted molar refractivity (Wildman–Crippen MR) is 73.6 cm³/mol. The van der Waals surface area contributed by atoms with Crippen LogP contribution in [-0.2, 0) is 0 Å². The summed E-state index contributed by atoms with van der Waals surface area (Å²) in [5.41, 5.74) is 0.0320. The quantitative estimate of drug-likeness (QED) is 0.907. The number of carboxylic acid groups (broad SMARTS) is 1. The van der Waals surface area contributed by atoms with Crippen molar-refractivity contribution in [2.24, 2.45) is 11.8 Å². The van der Waals surface area contributed by atoms with E-state index >= 15 is 0 Å².